The first-order valence-electron chi connectivity index (χ1n) is 7.53. The van der Waals surface area contributed by atoms with Crippen LogP contribution in [-0.2, 0) is 4.79 Å². The summed E-state index contributed by atoms with van der Waals surface area (Å²) in [5.41, 5.74) is 2.25. The summed E-state index contributed by atoms with van der Waals surface area (Å²) < 4.78 is 0. The summed E-state index contributed by atoms with van der Waals surface area (Å²) in [6.07, 6.45) is 2.08. The van der Waals surface area contributed by atoms with Gasteiger partial charge in [-0.2, -0.15) is 0 Å². The van der Waals surface area contributed by atoms with Gasteiger partial charge in [0.15, 0.2) is 0 Å². The zero-order valence-electron chi connectivity index (χ0n) is 12.1. The molecule has 108 valence electrons. The van der Waals surface area contributed by atoms with Gasteiger partial charge in [-0.25, -0.2) is 0 Å². The second-order valence-electron chi connectivity index (χ2n) is 6.02. The Morgan fingerprint density at radius 3 is 3.05 bits per heavy atom. The number of nitrogens with zero attached hydrogens (tertiary/aromatic N) is 1. The van der Waals surface area contributed by atoms with Crippen molar-refractivity contribution in [3.05, 3.63) is 29.8 Å². The number of rotatable bonds is 3. The number of benzene rings is 1. The lowest BCUT2D eigenvalue weighted by Gasteiger charge is -2.26. The summed E-state index contributed by atoms with van der Waals surface area (Å²) in [5, 5.41) is 6.53. The van der Waals surface area contributed by atoms with E-state index in [4.69, 9.17) is 0 Å². The van der Waals surface area contributed by atoms with Crippen molar-refractivity contribution in [1.82, 2.24) is 10.2 Å². The molecule has 2 atom stereocenters. The van der Waals surface area contributed by atoms with Crippen LogP contribution < -0.4 is 10.6 Å². The highest BCUT2D eigenvalue weighted by Gasteiger charge is 2.27. The highest BCUT2D eigenvalue weighted by atomic mass is 16.1. The predicted octanol–water partition coefficient (Wildman–Crippen LogP) is 1.65. The molecular formula is C16H23N3O. The Bertz CT molecular complexity index is 488. The first-order chi connectivity index (χ1) is 9.74. The van der Waals surface area contributed by atoms with Gasteiger partial charge in [-0.15, -0.1) is 0 Å². The molecule has 2 unspecified atom stereocenters. The Morgan fingerprint density at radius 2 is 2.25 bits per heavy atom. The number of nitrogens with one attached hydrogen (secondary N) is 2. The van der Waals surface area contributed by atoms with E-state index in [1.165, 1.54) is 6.42 Å². The summed E-state index contributed by atoms with van der Waals surface area (Å²) in [5.74, 6) is 0.806. The second-order valence-corrected chi connectivity index (χ2v) is 6.02. The molecule has 1 amide bonds. The van der Waals surface area contributed by atoms with Gasteiger partial charge in [0.25, 0.3) is 0 Å². The van der Waals surface area contributed by atoms with Gasteiger partial charge in [-0.05, 0) is 44.0 Å². The van der Waals surface area contributed by atoms with Crippen molar-refractivity contribution in [2.45, 2.75) is 18.8 Å². The molecular weight excluding hydrogens is 250 g/mol. The molecule has 0 aromatic heterocycles. The smallest absolute Gasteiger partial charge is 0.227 e. The maximum absolute atomic E-state index is 12.4. The molecule has 0 saturated carbocycles. The Kier molecular flexibility index (Phi) is 3.92. The van der Waals surface area contributed by atoms with Gasteiger partial charge in [0.05, 0.1) is 5.92 Å². The van der Waals surface area contributed by atoms with E-state index in [1.807, 2.05) is 12.1 Å². The highest BCUT2D eigenvalue weighted by molar-refractivity contribution is 5.86. The van der Waals surface area contributed by atoms with E-state index >= 15 is 0 Å². The van der Waals surface area contributed by atoms with Crippen molar-refractivity contribution in [2.75, 3.05) is 38.5 Å². The van der Waals surface area contributed by atoms with Gasteiger partial charge in [-0.3, -0.25) is 4.79 Å². The van der Waals surface area contributed by atoms with Gasteiger partial charge in [0.2, 0.25) is 5.91 Å². The molecule has 0 spiro atoms. The highest BCUT2D eigenvalue weighted by Crippen LogP contribution is 2.31. The number of para-hydroxylation sites is 1. The van der Waals surface area contributed by atoms with Gasteiger partial charge < -0.3 is 15.5 Å². The third-order valence-electron chi connectivity index (χ3n) is 4.46. The molecule has 4 nitrogen and oxygen atoms in total. The maximum Gasteiger partial charge on any atom is 0.227 e. The minimum atomic E-state index is 0.00610. The SMILES string of the molecule is CN1CCC(CNC(=O)C2CCNc3ccccc32)C1. The number of likely N-dealkylation sites (tertiary alicyclic amines) is 1. The van der Waals surface area contributed by atoms with Gasteiger partial charge in [0.1, 0.15) is 0 Å². The molecule has 2 heterocycles. The molecule has 1 saturated heterocycles. The van der Waals surface area contributed by atoms with Crippen LogP contribution in [0.5, 0.6) is 0 Å². The summed E-state index contributed by atoms with van der Waals surface area (Å²) in [6.45, 7) is 3.94. The molecule has 2 aliphatic rings. The Morgan fingerprint density at radius 1 is 1.40 bits per heavy atom. The van der Waals surface area contributed by atoms with E-state index < -0.39 is 0 Å². The topological polar surface area (TPSA) is 44.4 Å². The number of anilines is 1. The summed E-state index contributed by atoms with van der Waals surface area (Å²) in [7, 11) is 2.14. The molecule has 4 heteroatoms. The fourth-order valence-corrected chi connectivity index (χ4v) is 3.30. The van der Waals surface area contributed by atoms with Crippen molar-refractivity contribution in [3.8, 4) is 0 Å². The number of fused-ring (bicyclic) bond motifs is 1. The normalized spacial score (nSPS) is 25.9. The van der Waals surface area contributed by atoms with Gasteiger partial charge >= 0.3 is 0 Å². The number of hydrogen-bond acceptors (Lipinski definition) is 3. The van der Waals surface area contributed by atoms with Crippen LogP contribution in [0, 0.1) is 5.92 Å². The fourth-order valence-electron chi connectivity index (χ4n) is 3.30. The summed E-state index contributed by atoms with van der Waals surface area (Å²) in [6, 6.07) is 8.15. The zero-order chi connectivity index (χ0) is 13.9. The lowest BCUT2D eigenvalue weighted by atomic mass is 9.90. The summed E-state index contributed by atoms with van der Waals surface area (Å²) in [4.78, 5) is 14.8. The number of carbonyl (C=O) groups is 1. The standard InChI is InChI=1S/C16H23N3O/c1-19-9-7-12(11-19)10-18-16(20)14-6-8-17-15-5-3-2-4-13(14)15/h2-5,12,14,17H,6-11H2,1H3,(H,18,20). The van der Waals surface area contributed by atoms with Crippen molar-refractivity contribution in [1.29, 1.82) is 0 Å². The molecule has 1 fully saturated rings. The van der Waals surface area contributed by atoms with E-state index in [0.29, 0.717) is 5.92 Å². The van der Waals surface area contributed by atoms with E-state index in [0.717, 1.165) is 43.9 Å². The molecule has 3 rings (SSSR count). The fraction of sp³-hybridized carbons (Fsp3) is 0.562. The van der Waals surface area contributed by atoms with Gasteiger partial charge in [-0.1, -0.05) is 18.2 Å². The minimum Gasteiger partial charge on any atom is -0.385 e. The van der Waals surface area contributed by atoms with Crippen LogP contribution in [0.25, 0.3) is 0 Å². The van der Waals surface area contributed by atoms with Crippen LogP contribution in [0.3, 0.4) is 0 Å². The second kappa shape index (κ2) is 5.83. The Balaban J connectivity index is 1.60. The average Bonchev–Trinajstić information content (AvgIpc) is 2.90. The average molecular weight is 273 g/mol. The molecule has 1 aromatic carbocycles. The lowest BCUT2D eigenvalue weighted by molar-refractivity contribution is -0.122. The van der Waals surface area contributed by atoms with Crippen molar-refractivity contribution in [2.24, 2.45) is 5.92 Å². The molecule has 20 heavy (non-hydrogen) atoms. The molecule has 2 aliphatic heterocycles. The monoisotopic (exact) mass is 273 g/mol. The third-order valence-corrected chi connectivity index (χ3v) is 4.46. The molecule has 2 N–H and O–H groups in total. The third kappa shape index (κ3) is 2.80. The summed E-state index contributed by atoms with van der Waals surface area (Å²) >= 11 is 0. The first-order valence-corrected chi connectivity index (χ1v) is 7.53. The van der Waals surface area contributed by atoms with E-state index in [-0.39, 0.29) is 11.8 Å². The Hall–Kier alpha value is -1.55. The van der Waals surface area contributed by atoms with Crippen molar-refractivity contribution >= 4 is 11.6 Å². The van der Waals surface area contributed by atoms with Crippen LogP contribution in [0.1, 0.15) is 24.3 Å². The molecule has 0 bridgehead atoms. The Labute approximate surface area is 120 Å². The van der Waals surface area contributed by atoms with Crippen LogP contribution in [0.4, 0.5) is 5.69 Å². The van der Waals surface area contributed by atoms with Crippen LogP contribution in [0.15, 0.2) is 24.3 Å². The largest absolute Gasteiger partial charge is 0.385 e. The van der Waals surface area contributed by atoms with E-state index in [9.17, 15) is 4.79 Å². The van der Waals surface area contributed by atoms with Gasteiger partial charge in [0, 0.05) is 25.3 Å². The quantitative estimate of drug-likeness (QED) is 0.880. The predicted molar refractivity (Wildman–Crippen MR) is 80.9 cm³/mol. The van der Waals surface area contributed by atoms with Crippen molar-refractivity contribution in [3.63, 3.8) is 0 Å². The van der Waals surface area contributed by atoms with E-state index in [1.54, 1.807) is 0 Å². The first kappa shape index (κ1) is 13.4. The van der Waals surface area contributed by atoms with Crippen LogP contribution in [0.2, 0.25) is 0 Å². The van der Waals surface area contributed by atoms with E-state index in [2.05, 4.69) is 34.7 Å². The maximum atomic E-state index is 12.4. The number of carbonyl (C=O) groups excluding carboxylic acids is 1. The van der Waals surface area contributed by atoms with Crippen molar-refractivity contribution < 1.29 is 4.79 Å². The number of hydrogen-bond donors (Lipinski definition) is 2. The molecule has 0 radical (unpaired) electrons. The molecule has 1 aromatic rings. The molecule has 0 aliphatic carbocycles. The van der Waals surface area contributed by atoms with Crippen LogP contribution in [-0.4, -0.2) is 44.0 Å². The zero-order valence-corrected chi connectivity index (χ0v) is 12.1. The minimum absolute atomic E-state index is 0.00610. The number of amides is 1. The lowest BCUT2D eigenvalue weighted by Crippen LogP contribution is -2.36. The van der Waals surface area contributed by atoms with Crippen LogP contribution >= 0.6 is 0 Å².